The van der Waals surface area contributed by atoms with Crippen molar-refractivity contribution in [3.63, 3.8) is 0 Å². The Balaban J connectivity index is 1.57. The lowest BCUT2D eigenvalue weighted by atomic mass is 10.3. The van der Waals surface area contributed by atoms with Gasteiger partial charge in [-0.2, -0.15) is 0 Å². The van der Waals surface area contributed by atoms with Crippen LogP contribution in [0.25, 0.3) is 15.9 Å². The lowest BCUT2D eigenvalue weighted by Crippen LogP contribution is -2.12. The highest BCUT2D eigenvalue weighted by molar-refractivity contribution is 7.22. The van der Waals surface area contributed by atoms with Crippen LogP contribution in [0.1, 0.15) is 10.5 Å². The molecule has 4 rings (SSSR count). The zero-order chi connectivity index (χ0) is 17.2. The minimum absolute atomic E-state index is 0.218. The minimum Gasteiger partial charge on any atom is -0.494 e. The van der Waals surface area contributed by atoms with Crippen molar-refractivity contribution in [2.45, 2.75) is 0 Å². The fraction of sp³-hybridized carbons (Fsp3) is 0.0588. The highest BCUT2D eigenvalue weighted by Crippen LogP contribution is 2.32. The number of anilines is 1. The molecule has 0 saturated carbocycles. The Labute approximate surface area is 146 Å². The number of para-hydroxylation sites is 2. The Morgan fingerprint density at radius 2 is 2.00 bits per heavy atom. The molecule has 2 aromatic heterocycles. The highest BCUT2D eigenvalue weighted by Gasteiger charge is 2.15. The molecule has 2 heterocycles. The number of amides is 1. The van der Waals surface area contributed by atoms with Crippen molar-refractivity contribution in [3.8, 4) is 11.4 Å². The molecule has 25 heavy (non-hydrogen) atoms. The Morgan fingerprint density at radius 1 is 1.16 bits per heavy atom. The fourth-order valence-corrected chi connectivity index (χ4v) is 3.26. The molecule has 124 valence electrons. The molecule has 1 N–H and O–H groups in total. The lowest BCUT2D eigenvalue weighted by molar-refractivity contribution is 0.102. The molecule has 0 radical (unpaired) electrons. The topological polar surface area (TPSA) is 81.9 Å². The molecule has 0 aliphatic carbocycles. The second-order valence-electron chi connectivity index (χ2n) is 5.16. The number of nitrogens with zero attached hydrogens (tertiary/aromatic N) is 4. The van der Waals surface area contributed by atoms with Gasteiger partial charge >= 0.3 is 0 Å². The summed E-state index contributed by atoms with van der Waals surface area (Å²) in [4.78, 5) is 16.8. The molecule has 0 bridgehead atoms. The Morgan fingerprint density at radius 3 is 2.80 bits per heavy atom. The molecule has 0 aliphatic heterocycles. The van der Waals surface area contributed by atoms with Gasteiger partial charge in [0.25, 0.3) is 5.91 Å². The minimum atomic E-state index is -0.361. The Hall–Kier alpha value is -3.26. The summed E-state index contributed by atoms with van der Waals surface area (Å²) in [6.07, 6.45) is 1.58. The largest absolute Gasteiger partial charge is 0.494 e. The van der Waals surface area contributed by atoms with Crippen molar-refractivity contribution >= 4 is 32.6 Å². The quantitative estimate of drug-likeness (QED) is 0.611. The number of fused-ring (bicyclic) bond motifs is 1. The van der Waals surface area contributed by atoms with Gasteiger partial charge in [-0.3, -0.25) is 10.1 Å². The van der Waals surface area contributed by atoms with Crippen molar-refractivity contribution in [2.75, 3.05) is 12.4 Å². The summed E-state index contributed by atoms with van der Waals surface area (Å²) < 4.78 is 7.77. The number of hydrogen-bond donors (Lipinski definition) is 1. The van der Waals surface area contributed by atoms with Crippen LogP contribution < -0.4 is 10.1 Å². The van der Waals surface area contributed by atoms with Crippen molar-refractivity contribution in [1.82, 2.24) is 20.0 Å². The van der Waals surface area contributed by atoms with Gasteiger partial charge in [-0.25, -0.2) is 9.67 Å². The van der Waals surface area contributed by atoms with E-state index in [4.69, 9.17) is 4.74 Å². The summed E-state index contributed by atoms with van der Waals surface area (Å²) >= 11 is 1.37. The smallest absolute Gasteiger partial charge is 0.279 e. The molecule has 0 unspecified atom stereocenters. The number of benzene rings is 2. The predicted octanol–water partition coefficient (Wildman–Crippen LogP) is 3.14. The Kier molecular flexibility index (Phi) is 3.87. The van der Waals surface area contributed by atoms with E-state index in [2.05, 4.69) is 20.6 Å². The van der Waals surface area contributed by atoms with Crippen LogP contribution in [0.15, 0.2) is 54.7 Å². The van der Waals surface area contributed by atoms with Crippen LogP contribution in [0.3, 0.4) is 0 Å². The van der Waals surface area contributed by atoms with E-state index in [1.54, 1.807) is 18.0 Å². The second-order valence-corrected chi connectivity index (χ2v) is 6.19. The fourth-order valence-electron chi connectivity index (χ4n) is 2.38. The summed E-state index contributed by atoms with van der Waals surface area (Å²) in [5.41, 5.74) is 1.77. The normalized spacial score (nSPS) is 10.8. The van der Waals surface area contributed by atoms with Gasteiger partial charge in [0.15, 0.2) is 10.8 Å². The average molecular weight is 351 g/mol. The predicted molar refractivity (Wildman–Crippen MR) is 95.5 cm³/mol. The maximum Gasteiger partial charge on any atom is 0.279 e. The monoisotopic (exact) mass is 351 g/mol. The number of carbonyl (C=O) groups excluding carboxylic acids is 1. The standard InChI is InChI=1S/C17H13N5O2S/c1-24-13-8-5-9-14-15(13)18-17(25-14)19-16(23)12-10-22(21-20-12)11-6-3-2-4-7-11/h2-10H,1H3,(H,18,19,23). The van der Waals surface area contributed by atoms with Crippen molar-refractivity contribution in [1.29, 1.82) is 0 Å². The summed E-state index contributed by atoms with van der Waals surface area (Å²) in [5, 5.41) is 11.2. The first kappa shape index (κ1) is 15.3. The number of nitrogens with one attached hydrogen (secondary N) is 1. The number of thiazole rings is 1. The van der Waals surface area contributed by atoms with E-state index < -0.39 is 0 Å². The summed E-state index contributed by atoms with van der Waals surface area (Å²) in [7, 11) is 1.59. The van der Waals surface area contributed by atoms with Crippen LogP contribution in [0.4, 0.5) is 5.13 Å². The zero-order valence-electron chi connectivity index (χ0n) is 13.2. The molecular formula is C17H13N5O2S. The van der Waals surface area contributed by atoms with E-state index in [1.807, 2.05) is 48.5 Å². The molecule has 8 heteroatoms. The average Bonchev–Trinajstić information content (AvgIpc) is 3.29. The molecular weight excluding hydrogens is 338 g/mol. The molecule has 0 saturated heterocycles. The summed E-state index contributed by atoms with van der Waals surface area (Å²) in [5.74, 6) is 0.310. The van der Waals surface area contributed by atoms with E-state index >= 15 is 0 Å². The molecule has 0 fully saturated rings. The number of rotatable bonds is 4. The van der Waals surface area contributed by atoms with Crippen LogP contribution in [-0.4, -0.2) is 33.0 Å². The Bertz CT molecular complexity index is 1040. The van der Waals surface area contributed by atoms with Crippen LogP contribution in [0, 0.1) is 0 Å². The molecule has 1 amide bonds. The third kappa shape index (κ3) is 2.94. The van der Waals surface area contributed by atoms with Gasteiger partial charge in [-0.05, 0) is 24.3 Å². The van der Waals surface area contributed by atoms with Crippen LogP contribution in [0.5, 0.6) is 5.75 Å². The van der Waals surface area contributed by atoms with E-state index in [0.29, 0.717) is 10.9 Å². The van der Waals surface area contributed by atoms with Crippen LogP contribution >= 0.6 is 11.3 Å². The molecule has 0 atom stereocenters. The third-order valence-corrected chi connectivity index (χ3v) is 4.51. The molecule has 4 aromatic rings. The van der Waals surface area contributed by atoms with Crippen molar-refractivity contribution in [2.24, 2.45) is 0 Å². The van der Waals surface area contributed by atoms with Gasteiger partial charge in [0.1, 0.15) is 11.3 Å². The third-order valence-electron chi connectivity index (χ3n) is 3.57. The highest BCUT2D eigenvalue weighted by atomic mass is 32.1. The van der Waals surface area contributed by atoms with E-state index in [1.165, 1.54) is 11.3 Å². The number of carbonyl (C=O) groups is 1. The number of ether oxygens (including phenoxy) is 1. The molecule has 2 aromatic carbocycles. The van der Waals surface area contributed by atoms with Gasteiger partial charge in [0, 0.05) is 0 Å². The first-order valence-electron chi connectivity index (χ1n) is 7.47. The van der Waals surface area contributed by atoms with Gasteiger partial charge in [0.2, 0.25) is 0 Å². The number of aromatic nitrogens is 4. The van der Waals surface area contributed by atoms with Gasteiger partial charge < -0.3 is 4.74 Å². The maximum atomic E-state index is 12.4. The van der Waals surface area contributed by atoms with E-state index in [-0.39, 0.29) is 11.6 Å². The number of hydrogen-bond acceptors (Lipinski definition) is 6. The van der Waals surface area contributed by atoms with E-state index in [0.717, 1.165) is 15.9 Å². The van der Waals surface area contributed by atoms with Crippen LogP contribution in [-0.2, 0) is 0 Å². The van der Waals surface area contributed by atoms with Crippen molar-refractivity contribution in [3.05, 3.63) is 60.4 Å². The number of methoxy groups -OCH3 is 1. The molecule has 7 nitrogen and oxygen atoms in total. The van der Waals surface area contributed by atoms with Crippen molar-refractivity contribution < 1.29 is 9.53 Å². The maximum absolute atomic E-state index is 12.4. The first-order chi connectivity index (χ1) is 12.2. The molecule has 0 aliphatic rings. The first-order valence-corrected chi connectivity index (χ1v) is 8.29. The SMILES string of the molecule is COc1cccc2sc(NC(=O)c3cn(-c4ccccc4)nn3)nc12. The van der Waals surface area contributed by atoms with Gasteiger partial charge in [-0.15, -0.1) is 5.10 Å². The summed E-state index contributed by atoms with van der Waals surface area (Å²) in [6.45, 7) is 0. The van der Waals surface area contributed by atoms with Crippen LogP contribution in [0.2, 0.25) is 0 Å². The zero-order valence-corrected chi connectivity index (χ0v) is 14.0. The van der Waals surface area contributed by atoms with Gasteiger partial charge in [0.05, 0.1) is 23.7 Å². The van der Waals surface area contributed by atoms with E-state index in [9.17, 15) is 4.79 Å². The van der Waals surface area contributed by atoms with Gasteiger partial charge in [-0.1, -0.05) is 40.8 Å². The summed E-state index contributed by atoms with van der Waals surface area (Å²) in [6, 6.07) is 15.1. The second kappa shape index (κ2) is 6.33. The lowest BCUT2D eigenvalue weighted by Gasteiger charge is -1.98. The molecule has 0 spiro atoms.